The molecule has 4 nitrogen and oxygen atoms in total. The molecule has 0 aromatic carbocycles. The fourth-order valence-electron chi connectivity index (χ4n) is 2.08. The van der Waals surface area contributed by atoms with E-state index in [1.165, 1.54) is 19.3 Å². The average Bonchev–Trinajstić information content (AvgIpc) is 2.34. The second-order valence-corrected chi connectivity index (χ2v) is 4.58. The first-order valence-corrected chi connectivity index (χ1v) is 6.35. The average molecular weight is 228 g/mol. The quantitative estimate of drug-likeness (QED) is 0.705. The van der Waals surface area contributed by atoms with Gasteiger partial charge in [0.05, 0.1) is 0 Å². The number of aliphatic hydroxyl groups excluding tert-OH is 1. The van der Waals surface area contributed by atoms with Gasteiger partial charge >= 0.3 is 0 Å². The number of rotatable bonds is 6. The van der Waals surface area contributed by atoms with Crippen molar-refractivity contribution in [3.63, 3.8) is 0 Å². The van der Waals surface area contributed by atoms with Crippen molar-refractivity contribution in [1.29, 1.82) is 0 Å². The molecule has 1 heterocycles. The summed E-state index contributed by atoms with van der Waals surface area (Å²) >= 11 is 0. The van der Waals surface area contributed by atoms with E-state index < -0.39 is 0 Å². The zero-order valence-corrected chi connectivity index (χ0v) is 10.2. The maximum atomic E-state index is 11.3. The fraction of sp³-hybridized carbons (Fsp3) is 0.917. The van der Waals surface area contributed by atoms with Crippen LogP contribution in [0.3, 0.4) is 0 Å². The number of nitrogens with one attached hydrogen (secondary N) is 1. The third-order valence-electron chi connectivity index (χ3n) is 3.17. The van der Waals surface area contributed by atoms with Crippen LogP contribution in [0.2, 0.25) is 0 Å². The smallest absolute Gasteiger partial charge is 0.220 e. The molecule has 0 aliphatic carbocycles. The standard InChI is InChI=1S/C12H24N2O2/c1-11(14-7-3-2-4-8-14)10-13-12(16)6-5-9-15/h11,15H,2-10H2,1H3,(H,13,16). The van der Waals surface area contributed by atoms with E-state index in [0.29, 0.717) is 18.9 Å². The zero-order chi connectivity index (χ0) is 11.8. The number of hydrogen-bond acceptors (Lipinski definition) is 3. The van der Waals surface area contributed by atoms with Crippen LogP contribution in [0.25, 0.3) is 0 Å². The second-order valence-electron chi connectivity index (χ2n) is 4.58. The van der Waals surface area contributed by atoms with E-state index >= 15 is 0 Å². The Bertz CT molecular complexity index is 203. The van der Waals surface area contributed by atoms with Gasteiger partial charge in [-0.2, -0.15) is 0 Å². The summed E-state index contributed by atoms with van der Waals surface area (Å²) < 4.78 is 0. The minimum Gasteiger partial charge on any atom is -0.396 e. The third kappa shape index (κ3) is 4.94. The highest BCUT2D eigenvalue weighted by Crippen LogP contribution is 2.11. The van der Waals surface area contributed by atoms with Gasteiger partial charge in [0.25, 0.3) is 0 Å². The molecular formula is C12H24N2O2. The van der Waals surface area contributed by atoms with Crippen LogP contribution in [0.4, 0.5) is 0 Å². The SMILES string of the molecule is CC(CNC(=O)CCCO)N1CCCCC1. The third-order valence-corrected chi connectivity index (χ3v) is 3.17. The maximum Gasteiger partial charge on any atom is 0.220 e. The first-order valence-electron chi connectivity index (χ1n) is 6.35. The first-order chi connectivity index (χ1) is 7.74. The van der Waals surface area contributed by atoms with Crippen LogP contribution in [0.15, 0.2) is 0 Å². The summed E-state index contributed by atoms with van der Waals surface area (Å²) in [6, 6.07) is 0.429. The van der Waals surface area contributed by atoms with Crippen molar-refractivity contribution in [2.45, 2.75) is 45.1 Å². The predicted molar refractivity (Wildman–Crippen MR) is 64.2 cm³/mol. The summed E-state index contributed by atoms with van der Waals surface area (Å²) in [5.41, 5.74) is 0. The second kappa shape index (κ2) is 7.63. The molecule has 94 valence electrons. The van der Waals surface area contributed by atoms with E-state index in [-0.39, 0.29) is 12.5 Å². The Hall–Kier alpha value is -0.610. The molecule has 0 bridgehead atoms. The number of aliphatic hydroxyl groups is 1. The summed E-state index contributed by atoms with van der Waals surface area (Å²) in [6.07, 6.45) is 4.89. The van der Waals surface area contributed by atoms with Gasteiger partial charge in [0.15, 0.2) is 0 Å². The largest absolute Gasteiger partial charge is 0.396 e. The van der Waals surface area contributed by atoms with Gasteiger partial charge < -0.3 is 10.4 Å². The lowest BCUT2D eigenvalue weighted by molar-refractivity contribution is -0.121. The van der Waals surface area contributed by atoms with Crippen molar-refractivity contribution in [1.82, 2.24) is 10.2 Å². The van der Waals surface area contributed by atoms with Crippen molar-refractivity contribution >= 4 is 5.91 Å². The molecule has 1 fully saturated rings. The molecule has 1 unspecified atom stereocenters. The molecule has 4 heteroatoms. The molecule has 1 rings (SSSR count). The number of hydrogen-bond donors (Lipinski definition) is 2. The molecule has 1 aliphatic heterocycles. The summed E-state index contributed by atoms with van der Waals surface area (Å²) in [5, 5.41) is 11.5. The minimum absolute atomic E-state index is 0.0536. The molecule has 0 aromatic heterocycles. The van der Waals surface area contributed by atoms with Gasteiger partial charge in [0.2, 0.25) is 5.91 Å². The molecule has 1 amide bonds. The summed E-state index contributed by atoms with van der Waals surface area (Å²) in [5.74, 6) is 0.0536. The molecule has 0 spiro atoms. The molecule has 2 N–H and O–H groups in total. The number of nitrogens with zero attached hydrogens (tertiary/aromatic N) is 1. The Morgan fingerprint density at radius 2 is 2.06 bits per heavy atom. The molecule has 1 aliphatic rings. The molecule has 0 aromatic rings. The minimum atomic E-state index is 0.0536. The number of piperidine rings is 1. The molecule has 1 saturated heterocycles. The van der Waals surface area contributed by atoms with E-state index in [0.717, 1.165) is 19.6 Å². The van der Waals surface area contributed by atoms with Crippen LogP contribution in [0, 0.1) is 0 Å². The van der Waals surface area contributed by atoms with Gasteiger partial charge in [0, 0.05) is 25.6 Å². The Balaban J connectivity index is 2.13. The lowest BCUT2D eigenvalue weighted by Gasteiger charge is -2.32. The van der Waals surface area contributed by atoms with Gasteiger partial charge in [-0.05, 0) is 39.3 Å². The van der Waals surface area contributed by atoms with Crippen molar-refractivity contribution < 1.29 is 9.90 Å². The highest BCUT2D eigenvalue weighted by atomic mass is 16.3. The van der Waals surface area contributed by atoms with Gasteiger partial charge in [-0.25, -0.2) is 0 Å². The molecular weight excluding hydrogens is 204 g/mol. The molecule has 0 radical (unpaired) electrons. The van der Waals surface area contributed by atoms with E-state index in [4.69, 9.17) is 5.11 Å². The van der Waals surface area contributed by atoms with Crippen molar-refractivity contribution in [3.05, 3.63) is 0 Å². The van der Waals surface area contributed by atoms with Crippen molar-refractivity contribution in [2.24, 2.45) is 0 Å². The number of carbonyl (C=O) groups is 1. The normalized spacial score (nSPS) is 19.4. The lowest BCUT2D eigenvalue weighted by atomic mass is 10.1. The van der Waals surface area contributed by atoms with Gasteiger partial charge in [0.1, 0.15) is 0 Å². The van der Waals surface area contributed by atoms with E-state index in [9.17, 15) is 4.79 Å². The highest BCUT2D eigenvalue weighted by Gasteiger charge is 2.16. The summed E-state index contributed by atoms with van der Waals surface area (Å²) in [4.78, 5) is 13.8. The van der Waals surface area contributed by atoms with Crippen LogP contribution >= 0.6 is 0 Å². The molecule has 16 heavy (non-hydrogen) atoms. The zero-order valence-electron chi connectivity index (χ0n) is 10.2. The molecule has 1 atom stereocenters. The Morgan fingerprint density at radius 3 is 2.69 bits per heavy atom. The topological polar surface area (TPSA) is 52.6 Å². The van der Waals surface area contributed by atoms with Gasteiger partial charge in [-0.15, -0.1) is 0 Å². The van der Waals surface area contributed by atoms with E-state index in [1.54, 1.807) is 0 Å². The van der Waals surface area contributed by atoms with Crippen LogP contribution in [0.5, 0.6) is 0 Å². The first kappa shape index (κ1) is 13.5. The number of likely N-dealkylation sites (tertiary alicyclic amines) is 1. The van der Waals surface area contributed by atoms with Gasteiger partial charge in [-0.1, -0.05) is 6.42 Å². The summed E-state index contributed by atoms with van der Waals surface area (Å²) in [6.45, 7) is 5.30. The fourth-order valence-corrected chi connectivity index (χ4v) is 2.08. The Labute approximate surface area is 98.0 Å². The molecule has 0 saturated carbocycles. The highest BCUT2D eigenvalue weighted by molar-refractivity contribution is 5.75. The Morgan fingerprint density at radius 1 is 1.38 bits per heavy atom. The van der Waals surface area contributed by atoms with E-state index in [1.807, 2.05) is 0 Å². The van der Waals surface area contributed by atoms with Crippen LogP contribution in [-0.4, -0.2) is 48.2 Å². The number of carbonyl (C=O) groups excluding carboxylic acids is 1. The maximum absolute atomic E-state index is 11.3. The van der Waals surface area contributed by atoms with Crippen LogP contribution in [0.1, 0.15) is 39.0 Å². The monoisotopic (exact) mass is 228 g/mol. The van der Waals surface area contributed by atoms with Gasteiger partial charge in [-0.3, -0.25) is 9.69 Å². The number of amides is 1. The van der Waals surface area contributed by atoms with Crippen molar-refractivity contribution in [3.8, 4) is 0 Å². The predicted octanol–water partition coefficient (Wildman–Crippen LogP) is 0.749. The van der Waals surface area contributed by atoms with Crippen LogP contribution in [-0.2, 0) is 4.79 Å². The Kier molecular flexibility index (Phi) is 6.42. The summed E-state index contributed by atoms with van der Waals surface area (Å²) in [7, 11) is 0. The van der Waals surface area contributed by atoms with Crippen LogP contribution < -0.4 is 5.32 Å². The van der Waals surface area contributed by atoms with E-state index in [2.05, 4.69) is 17.1 Å². The lowest BCUT2D eigenvalue weighted by Crippen LogP contribution is -2.44. The van der Waals surface area contributed by atoms with Crippen molar-refractivity contribution in [2.75, 3.05) is 26.2 Å².